The predicted molar refractivity (Wildman–Crippen MR) is 53.7 cm³/mol. The van der Waals surface area contributed by atoms with Gasteiger partial charge in [-0.3, -0.25) is 0 Å². The quantitative estimate of drug-likeness (QED) is 0.669. The van der Waals surface area contributed by atoms with Gasteiger partial charge < -0.3 is 4.74 Å². The van der Waals surface area contributed by atoms with Crippen molar-refractivity contribution in [3.8, 4) is 5.75 Å². The lowest BCUT2D eigenvalue weighted by atomic mass is 10.2. The zero-order valence-electron chi connectivity index (χ0n) is 7.13. The molecule has 68 valence electrons. The molecule has 1 heteroatoms. The maximum Gasteiger partial charge on any atom is 0.119 e. The molecule has 0 radical (unpaired) electrons. The van der Waals surface area contributed by atoms with Crippen LogP contribution in [0.15, 0.2) is 24.3 Å². The Morgan fingerprint density at radius 3 is 2.08 bits per heavy atom. The third kappa shape index (κ3) is 2.95. The first kappa shape index (κ1) is 11.0. The summed E-state index contributed by atoms with van der Waals surface area (Å²) in [7, 11) is 0. The van der Waals surface area contributed by atoms with E-state index in [0.717, 1.165) is 18.8 Å². The summed E-state index contributed by atoms with van der Waals surface area (Å²) in [6.45, 7) is 4.88. The lowest BCUT2D eigenvalue weighted by Gasteiger charge is -2.02. The minimum absolute atomic E-state index is 0. The second-order valence-corrected chi connectivity index (χ2v) is 2.43. The van der Waals surface area contributed by atoms with Crippen LogP contribution in [0.4, 0.5) is 0 Å². The molecule has 0 saturated heterocycles. The second kappa shape index (κ2) is 5.64. The molecule has 0 aliphatic heterocycles. The number of hydrogen-bond donors (Lipinski definition) is 0. The van der Waals surface area contributed by atoms with Crippen LogP contribution >= 0.6 is 0 Å². The number of hydrogen-bond acceptors (Lipinski definition) is 1. The molecule has 0 fully saturated rings. The maximum absolute atomic E-state index is 5.31. The minimum atomic E-state index is 0. The largest absolute Gasteiger partial charge is 0.494 e. The Balaban J connectivity index is 0.00000121. The SMILES string of the molecule is C.CCOc1ccc(CC)cc1. The van der Waals surface area contributed by atoms with Crippen molar-refractivity contribution in [1.29, 1.82) is 0 Å². The molecule has 1 aromatic rings. The van der Waals surface area contributed by atoms with Crippen LogP contribution in [0.25, 0.3) is 0 Å². The first-order chi connectivity index (χ1) is 5.36. The Morgan fingerprint density at radius 2 is 1.67 bits per heavy atom. The Bertz CT molecular complexity index is 201. The summed E-state index contributed by atoms with van der Waals surface area (Å²) in [6.07, 6.45) is 1.09. The standard InChI is InChI=1S/C10H14O.CH4/c1-3-9-5-7-10(8-6-9)11-4-2;/h5-8H,3-4H2,1-2H3;1H4. The van der Waals surface area contributed by atoms with E-state index in [1.807, 2.05) is 19.1 Å². The van der Waals surface area contributed by atoms with Gasteiger partial charge >= 0.3 is 0 Å². The van der Waals surface area contributed by atoms with E-state index in [4.69, 9.17) is 4.74 Å². The molecule has 1 rings (SSSR count). The highest BCUT2D eigenvalue weighted by Crippen LogP contribution is 2.11. The fourth-order valence-corrected chi connectivity index (χ4v) is 0.988. The Kier molecular flexibility index (Phi) is 5.18. The Hall–Kier alpha value is -0.980. The summed E-state index contributed by atoms with van der Waals surface area (Å²) >= 11 is 0. The van der Waals surface area contributed by atoms with Crippen LogP contribution in [-0.2, 0) is 6.42 Å². The van der Waals surface area contributed by atoms with Crippen LogP contribution in [0.5, 0.6) is 5.75 Å². The van der Waals surface area contributed by atoms with E-state index < -0.39 is 0 Å². The molecule has 1 aromatic carbocycles. The van der Waals surface area contributed by atoms with Crippen molar-refractivity contribution in [2.75, 3.05) is 6.61 Å². The predicted octanol–water partition coefficient (Wildman–Crippen LogP) is 3.28. The zero-order valence-corrected chi connectivity index (χ0v) is 7.13. The summed E-state index contributed by atoms with van der Waals surface area (Å²) in [5.41, 5.74) is 1.36. The van der Waals surface area contributed by atoms with Gasteiger partial charge in [0.15, 0.2) is 0 Å². The van der Waals surface area contributed by atoms with Crippen molar-refractivity contribution >= 4 is 0 Å². The normalized spacial score (nSPS) is 8.83. The van der Waals surface area contributed by atoms with Crippen molar-refractivity contribution in [2.45, 2.75) is 27.7 Å². The summed E-state index contributed by atoms with van der Waals surface area (Å²) in [6, 6.07) is 8.24. The number of aryl methyl sites for hydroxylation is 1. The molecule has 0 aliphatic carbocycles. The van der Waals surface area contributed by atoms with E-state index in [1.165, 1.54) is 5.56 Å². The monoisotopic (exact) mass is 166 g/mol. The average molecular weight is 166 g/mol. The number of rotatable bonds is 3. The highest BCUT2D eigenvalue weighted by Gasteiger charge is 1.90. The molecule has 1 nitrogen and oxygen atoms in total. The molecular weight excluding hydrogens is 148 g/mol. The summed E-state index contributed by atoms with van der Waals surface area (Å²) in [5.74, 6) is 0.963. The molecule has 12 heavy (non-hydrogen) atoms. The lowest BCUT2D eigenvalue weighted by molar-refractivity contribution is 0.340. The molecule has 0 N–H and O–H groups in total. The van der Waals surface area contributed by atoms with Crippen molar-refractivity contribution in [1.82, 2.24) is 0 Å². The Labute approximate surface area is 75.4 Å². The van der Waals surface area contributed by atoms with Gasteiger partial charge in [-0.2, -0.15) is 0 Å². The second-order valence-electron chi connectivity index (χ2n) is 2.43. The summed E-state index contributed by atoms with van der Waals surface area (Å²) in [4.78, 5) is 0. The number of ether oxygens (including phenoxy) is 1. The maximum atomic E-state index is 5.31. The van der Waals surface area contributed by atoms with E-state index in [1.54, 1.807) is 0 Å². The fraction of sp³-hybridized carbons (Fsp3) is 0.455. The highest BCUT2D eigenvalue weighted by molar-refractivity contribution is 5.26. The van der Waals surface area contributed by atoms with Gasteiger partial charge in [-0.15, -0.1) is 0 Å². The molecule has 0 spiro atoms. The van der Waals surface area contributed by atoms with Crippen LogP contribution in [0.2, 0.25) is 0 Å². The molecule has 0 bridgehead atoms. The van der Waals surface area contributed by atoms with Crippen LogP contribution in [0.1, 0.15) is 26.8 Å². The molecule has 0 amide bonds. The number of benzene rings is 1. The van der Waals surface area contributed by atoms with Crippen molar-refractivity contribution in [2.24, 2.45) is 0 Å². The van der Waals surface area contributed by atoms with Crippen LogP contribution in [0.3, 0.4) is 0 Å². The van der Waals surface area contributed by atoms with Gasteiger partial charge in [-0.1, -0.05) is 26.5 Å². The van der Waals surface area contributed by atoms with Crippen molar-refractivity contribution in [3.05, 3.63) is 29.8 Å². The lowest BCUT2D eigenvalue weighted by Crippen LogP contribution is -1.90. The van der Waals surface area contributed by atoms with Gasteiger partial charge in [0.1, 0.15) is 5.75 Å². The van der Waals surface area contributed by atoms with Gasteiger partial charge in [0.2, 0.25) is 0 Å². The van der Waals surface area contributed by atoms with Gasteiger partial charge in [0.05, 0.1) is 6.61 Å². The fourth-order valence-electron chi connectivity index (χ4n) is 0.988. The van der Waals surface area contributed by atoms with E-state index in [-0.39, 0.29) is 7.43 Å². The van der Waals surface area contributed by atoms with E-state index in [9.17, 15) is 0 Å². The molecule has 0 unspecified atom stereocenters. The van der Waals surface area contributed by atoms with Gasteiger partial charge in [0.25, 0.3) is 0 Å². The zero-order chi connectivity index (χ0) is 8.10. The molecule has 0 aliphatic rings. The van der Waals surface area contributed by atoms with Gasteiger partial charge in [-0.25, -0.2) is 0 Å². The third-order valence-electron chi connectivity index (χ3n) is 1.64. The molecule has 0 atom stereocenters. The third-order valence-corrected chi connectivity index (χ3v) is 1.64. The molecule has 0 aromatic heterocycles. The highest BCUT2D eigenvalue weighted by atomic mass is 16.5. The minimum Gasteiger partial charge on any atom is -0.494 e. The molecule has 0 heterocycles. The van der Waals surface area contributed by atoms with E-state index >= 15 is 0 Å². The topological polar surface area (TPSA) is 9.23 Å². The van der Waals surface area contributed by atoms with Crippen LogP contribution in [0, 0.1) is 0 Å². The van der Waals surface area contributed by atoms with E-state index in [2.05, 4.69) is 19.1 Å². The smallest absolute Gasteiger partial charge is 0.119 e. The van der Waals surface area contributed by atoms with E-state index in [0.29, 0.717) is 0 Å². The molecular formula is C11H18O. The van der Waals surface area contributed by atoms with Gasteiger partial charge in [0, 0.05) is 0 Å². The molecule has 0 saturated carbocycles. The first-order valence-electron chi connectivity index (χ1n) is 4.08. The Morgan fingerprint density at radius 1 is 1.08 bits per heavy atom. The summed E-state index contributed by atoms with van der Waals surface area (Å²) in [5, 5.41) is 0. The summed E-state index contributed by atoms with van der Waals surface area (Å²) < 4.78 is 5.31. The van der Waals surface area contributed by atoms with Crippen molar-refractivity contribution in [3.63, 3.8) is 0 Å². The van der Waals surface area contributed by atoms with Crippen molar-refractivity contribution < 1.29 is 4.74 Å². The van der Waals surface area contributed by atoms with Crippen LogP contribution in [-0.4, -0.2) is 6.61 Å². The first-order valence-corrected chi connectivity index (χ1v) is 4.08. The van der Waals surface area contributed by atoms with Crippen LogP contribution < -0.4 is 4.74 Å². The van der Waals surface area contributed by atoms with Gasteiger partial charge in [-0.05, 0) is 31.0 Å². The average Bonchev–Trinajstić information content (AvgIpc) is 2.07.